The summed E-state index contributed by atoms with van der Waals surface area (Å²) in [5.74, 6) is 0. The van der Waals surface area contributed by atoms with Crippen molar-refractivity contribution in [3.63, 3.8) is 0 Å². The van der Waals surface area contributed by atoms with Crippen molar-refractivity contribution in [2.75, 3.05) is 0 Å². The van der Waals surface area contributed by atoms with Crippen molar-refractivity contribution in [3.05, 3.63) is 32.3 Å². The molecule has 0 unspecified atom stereocenters. The average Bonchev–Trinajstić information content (AvgIpc) is 1.99. The van der Waals surface area contributed by atoms with Crippen molar-refractivity contribution in [2.45, 2.75) is 11.8 Å². The zero-order valence-electron chi connectivity index (χ0n) is 6.54. The molecule has 5 heteroatoms. The van der Waals surface area contributed by atoms with Gasteiger partial charge < -0.3 is 0 Å². The Labute approximate surface area is 102 Å². The summed E-state index contributed by atoms with van der Waals surface area (Å²) in [6.07, 6.45) is 0. The van der Waals surface area contributed by atoms with Gasteiger partial charge in [-0.3, -0.25) is 0 Å². The monoisotopic (exact) mass is 276 g/mol. The summed E-state index contributed by atoms with van der Waals surface area (Å²) < 4.78 is 0. The molecule has 1 aromatic rings. The first-order chi connectivity index (χ1) is 5.95. The van der Waals surface area contributed by atoms with Crippen molar-refractivity contribution >= 4 is 58.0 Å². The van der Waals surface area contributed by atoms with Crippen LogP contribution in [0.4, 0.5) is 0 Å². The first-order valence-corrected chi connectivity index (χ1v) is 5.38. The maximum Gasteiger partial charge on any atom is 0.134 e. The minimum absolute atomic E-state index is 0.405. The van der Waals surface area contributed by atoms with Gasteiger partial charge in [-0.25, -0.2) is 0 Å². The lowest BCUT2D eigenvalue weighted by Gasteiger charge is -2.11. The topological polar surface area (TPSA) is 0 Å². The van der Waals surface area contributed by atoms with Gasteiger partial charge in [-0.2, -0.15) is 0 Å². The highest BCUT2D eigenvalue weighted by Crippen LogP contribution is 2.40. The molecule has 0 heterocycles. The predicted molar refractivity (Wildman–Crippen MR) is 60.7 cm³/mol. The summed E-state index contributed by atoms with van der Waals surface area (Å²) in [5.41, 5.74) is 1.33. The number of hydrogen-bond acceptors (Lipinski definition) is 0. The second-order valence-corrected chi connectivity index (χ2v) is 4.78. The van der Waals surface area contributed by atoms with E-state index in [4.69, 9.17) is 58.0 Å². The first kappa shape index (κ1) is 11.7. The fraction of sp³-hybridized carbons (Fsp3) is 0.250. The van der Waals surface area contributed by atoms with Crippen LogP contribution in [0.2, 0.25) is 15.1 Å². The molecule has 0 nitrogen and oxygen atoms in total. The molecule has 0 amide bonds. The Bertz CT molecular complexity index is 332. The average molecular weight is 278 g/mol. The van der Waals surface area contributed by atoms with Gasteiger partial charge in [0.15, 0.2) is 0 Å². The zero-order chi connectivity index (χ0) is 10.2. The zero-order valence-corrected chi connectivity index (χ0v) is 10.3. The fourth-order valence-corrected chi connectivity index (χ4v) is 2.49. The van der Waals surface area contributed by atoms with Gasteiger partial charge in [0.1, 0.15) is 4.84 Å². The highest BCUT2D eigenvalue weighted by atomic mass is 35.5. The van der Waals surface area contributed by atoms with Crippen LogP contribution < -0.4 is 0 Å². The number of halogens is 5. The van der Waals surface area contributed by atoms with Crippen LogP contribution in [-0.2, 0) is 0 Å². The minimum Gasteiger partial charge on any atom is -0.1000 e. The van der Waals surface area contributed by atoms with Gasteiger partial charge >= 0.3 is 0 Å². The van der Waals surface area contributed by atoms with Crippen LogP contribution in [0.1, 0.15) is 16.0 Å². The lowest BCUT2D eigenvalue weighted by atomic mass is 10.1. The van der Waals surface area contributed by atoms with Crippen LogP contribution >= 0.6 is 58.0 Å². The highest BCUT2D eigenvalue weighted by molar-refractivity contribution is 6.47. The second-order valence-electron chi connectivity index (χ2n) is 2.49. The lowest BCUT2D eigenvalue weighted by molar-refractivity contribution is 1.27. The Balaban J connectivity index is 3.44. The van der Waals surface area contributed by atoms with Crippen molar-refractivity contribution in [1.29, 1.82) is 0 Å². The molecule has 0 N–H and O–H groups in total. The molecule has 0 aromatic heterocycles. The van der Waals surface area contributed by atoms with Gasteiger partial charge in [-0.05, 0) is 18.6 Å². The summed E-state index contributed by atoms with van der Waals surface area (Å²) in [6, 6.07) is 1.53. The van der Waals surface area contributed by atoms with Crippen LogP contribution in [0.3, 0.4) is 0 Å². The van der Waals surface area contributed by atoms with Crippen LogP contribution in [0.25, 0.3) is 0 Å². The molecule has 0 bridgehead atoms. The van der Waals surface area contributed by atoms with E-state index in [0.717, 1.165) is 0 Å². The van der Waals surface area contributed by atoms with E-state index in [1.165, 1.54) is 6.07 Å². The van der Waals surface area contributed by atoms with E-state index >= 15 is 0 Å². The number of alkyl halides is 2. The Kier molecular flexibility index (Phi) is 4.03. The molecule has 13 heavy (non-hydrogen) atoms. The molecule has 0 atom stereocenters. The van der Waals surface area contributed by atoms with Crippen LogP contribution in [0.15, 0.2) is 6.07 Å². The Hall–Kier alpha value is 0.670. The Morgan fingerprint density at radius 1 is 1.08 bits per heavy atom. The molecular formula is C8H5Cl5. The molecule has 0 aliphatic rings. The molecule has 0 saturated heterocycles. The SMILES string of the molecule is Cc1c(Cl)c(Cl)cc(Cl)c1C(Cl)Cl. The van der Waals surface area contributed by atoms with Crippen molar-refractivity contribution in [3.8, 4) is 0 Å². The Morgan fingerprint density at radius 3 is 2.08 bits per heavy atom. The number of hydrogen-bond donors (Lipinski definition) is 0. The van der Waals surface area contributed by atoms with E-state index in [9.17, 15) is 0 Å². The minimum atomic E-state index is -0.692. The largest absolute Gasteiger partial charge is 0.134 e. The lowest BCUT2D eigenvalue weighted by Crippen LogP contribution is -1.91. The molecule has 0 fully saturated rings. The van der Waals surface area contributed by atoms with Crippen LogP contribution in [0, 0.1) is 6.92 Å². The van der Waals surface area contributed by atoms with Gasteiger partial charge in [-0.1, -0.05) is 58.0 Å². The molecular weight excluding hydrogens is 273 g/mol. The second kappa shape index (κ2) is 4.46. The molecule has 0 spiro atoms. The maximum absolute atomic E-state index is 5.89. The third-order valence-electron chi connectivity index (χ3n) is 1.67. The number of rotatable bonds is 1. The fourth-order valence-electron chi connectivity index (χ4n) is 0.997. The van der Waals surface area contributed by atoms with E-state index in [1.807, 2.05) is 0 Å². The summed E-state index contributed by atoms with van der Waals surface area (Å²) in [4.78, 5) is -0.692. The summed E-state index contributed by atoms with van der Waals surface area (Å²) in [5, 5.41) is 1.27. The van der Waals surface area contributed by atoms with E-state index in [2.05, 4.69) is 0 Å². The van der Waals surface area contributed by atoms with E-state index < -0.39 is 4.84 Å². The molecule has 0 radical (unpaired) electrons. The number of benzene rings is 1. The predicted octanol–water partition coefficient (Wildman–Crippen LogP) is 5.43. The summed E-state index contributed by atoms with van der Waals surface area (Å²) >= 11 is 29.0. The van der Waals surface area contributed by atoms with Gasteiger partial charge in [-0.15, -0.1) is 0 Å². The first-order valence-electron chi connectivity index (χ1n) is 3.37. The van der Waals surface area contributed by atoms with Crippen LogP contribution in [-0.4, -0.2) is 0 Å². The van der Waals surface area contributed by atoms with Crippen molar-refractivity contribution in [2.24, 2.45) is 0 Å². The molecule has 0 aliphatic heterocycles. The van der Waals surface area contributed by atoms with Gasteiger partial charge in [0, 0.05) is 10.6 Å². The normalized spacial score (nSPS) is 11.0. The molecule has 0 saturated carbocycles. The van der Waals surface area contributed by atoms with E-state index in [-0.39, 0.29) is 0 Å². The van der Waals surface area contributed by atoms with E-state index in [0.29, 0.717) is 26.2 Å². The highest BCUT2D eigenvalue weighted by Gasteiger charge is 2.16. The van der Waals surface area contributed by atoms with Crippen LogP contribution in [0.5, 0.6) is 0 Å². The van der Waals surface area contributed by atoms with Gasteiger partial charge in [0.05, 0.1) is 10.0 Å². The van der Waals surface area contributed by atoms with Gasteiger partial charge in [0.2, 0.25) is 0 Å². The molecule has 1 rings (SSSR count). The molecule has 72 valence electrons. The third kappa shape index (κ3) is 2.37. The van der Waals surface area contributed by atoms with Crippen molar-refractivity contribution in [1.82, 2.24) is 0 Å². The van der Waals surface area contributed by atoms with Crippen molar-refractivity contribution < 1.29 is 0 Å². The molecule has 1 aromatic carbocycles. The third-order valence-corrected chi connectivity index (χ3v) is 3.30. The smallest absolute Gasteiger partial charge is 0.1000 e. The Morgan fingerprint density at radius 2 is 1.62 bits per heavy atom. The molecule has 0 aliphatic carbocycles. The van der Waals surface area contributed by atoms with Gasteiger partial charge in [0.25, 0.3) is 0 Å². The maximum atomic E-state index is 5.89. The summed E-state index contributed by atoms with van der Waals surface area (Å²) in [7, 11) is 0. The van der Waals surface area contributed by atoms with E-state index in [1.54, 1.807) is 6.92 Å². The standard InChI is InChI=1S/C8H5Cl5/c1-3-6(8(12)13)4(9)2-5(10)7(3)11/h2,8H,1H3. The summed E-state index contributed by atoms with van der Waals surface area (Å²) in [6.45, 7) is 1.77. The quantitative estimate of drug-likeness (QED) is 0.474.